The van der Waals surface area contributed by atoms with Crippen LogP contribution in [0.25, 0.3) is 0 Å². The number of primary amides is 1. The van der Waals surface area contributed by atoms with E-state index < -0.39 is 5.91 Å². The minimum absolute atomic E-state index is 0.00922. The van der Waals surface area contributed by atoms with E-state index in [9.17, 15) is 9.18 Å². The number of halogens is 1. The summed E-state index contributed by atoms with van der Waals surface area (Å²) in [6, 6.07) is 3.36. The van der Waals surface area contributed by atoms with E-state index >= 15 is 0 Å². The van der Waals surface area contributed by atoms with Gasteiger partial charge in [0.25, 0.3) is 5.91 Å². The molecule has 1 fully saturated rings. The van der Waals surface area contributed by atoms with Crippen LogP contribution in [0.5, 0.6) is 0 Å². The molecule has 138 valence electrons. The number of aryl methyl sites for hydroxylation is 1. The second-order valence-corrected chi connectivity index (χ2v) is 6.67. The minimum atomic E-state index is -0.626. The first kappa shape index (κ1) is 18.2. The molecule has 0 saturated carbocycles. The van der Waals surface area contributed by atoms with E-state index in [2.05, 4.69) is 25.2 Å². The minimum Gasteiger partial charge on any atom is -0.363 e. The number of nitrogens with zero attached hydrogens (tertiary/aromatic N) is 4. The van der Waals surface area contributed by atoms with Crippen LogP contribution >= 0.6 is 0 Å². The molecule has 3 rings (SSSR count). The molecule has 3 N–H and O–H groups in total. The lowest BCUT2D eigenvalue weighted by molar-refractivity contribution is 0.0990. The summed E-state index contributed by atoms with van der Waals surface area (Å²) in [6.45, 7) is 7.37. The number of nitrogens with one attached hydrogen (secondary N) is 1. The van der Waals surface area contributed by atoms with Gasteiger partial charge in [-0.2, -0.15) is 0 Å². The molecule has 1 amide bonds. The molecular formula is C18H23FN6O. The molecule has 2 aromatic rings. The maximum Gasteiger partial charge on any atom is 0.286 e. The molecule has 0 aliphatic carbocycles. The molecular weight excluding hydrogens is 335 g/mol. The Morgan fingerprint density at radius 2 is 2.15 bits per heavy atom. The highest BCUT2D eigenvalue weighted by Crippen LogP contribution is 2.25. The van der Waals surface area contributed by atoms with Crippen LogP contribution < -0.4 is 16.0 Å². The van der Waals surface area contributed by atoms with E-state index in [0.29, 0.717) is 0 Å². The van der Waals surface area contributed by atoms with Gasteiger partial charge in [0, 0.05) is 36.4 Å². The second kappa shape index (κ2) is 7.33. The zero-order valence-electron chi connectivity index (χ0n) is 15.2. The number of rotatable bonds is 5. The first-order valence-corrected chi connectivity index (χ1v) is 8.62. The number of carbonyl (C=O) groups excluding carboxylic acids is 1. The quantitative estimate of drug-likeness (QED) is 0.844. The number of hydrogen-bond acceptors (Lipinski definition) is 6. The number of anilines is 1. The van der Waals surface area contributed by atoms with E-state index in [-0.39, 0.29) is 23.7 Å². The number of carbonyl (C=O) groups is 1. The largest absolute Gasteiger partial charge is 0.363 e. The average molecular weight is 358 g/mol. The smallest absolute Gasteiger partial charge is 0.286 e. The van der Waals surface area contributed by atoms with E-state index in [1.54, 1.807) is 6.07 Å². The van der Waals surface area contributed by atoms with Gasteiger partial charge in [0.05, 0.1) is 11.9 Å². The van der Waals surface area contributed by atoms with Crippen LogP contribution in [0.15, 0.2) is 18.3 Å². The third-order valence-corrected chi connectivity index (χ3v) is 4.75. The third-order valence-electron chi connectivity index (χ3n) is 4.75. The van der Waals surface area contributed by atoms with Gasteiger partial charge in [-0.25, -0.2) is 14.4 Å². The van der Waals surface area contributed by atoms with Crippen LogP contribution in [-0.2, 0) is 0 Å². The molecule has 3 heterocycles. The molecule has 0 spiro atoms. The summed E-state index contributed by atoms with van der Waals surface area (Å²) in [5.41, 5.74) is 7.84. The van der Waals surface area contributed by atoms with Gasteiger partial charge >= 0.3 is 0 Å². The lowest BCUT2D eigenvalue weighted by atomic mass is 10.1. The van der Waals surface area contributed by atoms with Crippen molar-refractivity contribution in [2.24, 2.45) is 5.73 Å². The zero-order valence-corrected chi connectivity index (χ0v) is 15.2. The van der Waals surface area contributed by atoms with Gasteiger partial charge in [0.2, 0.25) is 5.82 Å². The Hall–Kier alpha value is -2.61. The maximum atomic E-state index is 13.0. The molecule has 8 heteroatoms. The summed E-state index contributed by atoms with van der Waals surface area (Å²) in [5, 5.41) is 3.52. The number of aromatic nitrogens is 3. The fraction of sp³-hybridized carbons (Fsp3) is 0.444. The molecule has 1 aliphatic heterocycles. The van der Waals surface area contributed by atoms with Crippen LogP contribution in [0.2, 0.25) is 0 Å². The van der Waals surface area contributed by atoms with Crippen molar-refractivity contribution in [3.63, 3.8) is 0 Å². The Labute approximate surface area is 151 Å². The van der Waals surface area contributed by atoms with Crippen molar-refractivity contribution >= 4 is 11.7 Å². The molecule has 2 aromatic heterocycles. The average Bonchev–Trinajstić information content (AvgIpc) is 3.05. The SMILES string of the molecule is Cc1nc(C(N)=O)nc(N2CC[C@@H](NC(C)c3ccc(F)cn3)C2)c1C. The predicted octanol–water partition coefficient (Wildman–Crippen LogP) is 1.66. The molecule has 1 saturated heterocycles. The second-order valence-electron chi connectivity index (χ2n) is 6.67. The van der Waals surface area contributed by atoms with E-state index in [4.69, 9.17) is 5.73 Å². The number of hydrogen-bond donors (Lipinski definition) is 2. The van der Waals surface area contributed by atoms with Gasteiger partial charge in [-0.05, 0) is 39.3 Å². The fourth-order valence-electron chi connectivity index (χ4n) is 3.20. The normalized spacial score (nSPS) is 18.2. The summed E-state index contributed by atoms with van der Waals surface area (Å²) in [6.07, 6.45) is 2.16. The fourth-order valence-corrected chi connectivity index (χ4v) is 3.20. The molecule has 1 aliphatic rings. The molecule has 2 atom stereocenters. The van der Waals surface area contributed by atoms with Crippen LogP contribution in [0.4, 0.5) is 10.2 Å². The van der Waals surface area contributed by atoms with Crippen LogP contribution in [0, 0.1) is 19.7 Å². The van der Waals surface area contributed by atoms with Crippen LogP contribution in [0.1, 0.15) is 47.0 Å². The van der Waals surface area contributed by atoms with Crippen molar-refractivity contribution in [2.45, 2.75) is 39.3 Å². The van der Waals surface area contributed by atoms with Crippen molar-refractivity contribution in [1.82, 2.24) is 20.3 Å². The first-order chi connectivity index (χ1) is 12.3. The Balaban J connectivity index is 1.70. The predicted molar refractivity (Wildman–Crippen MR) is 96.4 cm³/mol. The van der Waals surface area contributed by atoms with Crippen molar-refractivity contribution in [3.05, 3.63) is 46.9 Å². The topological polar surface area (TPSA) is 97.0 Å². The van der Waals surface area contributed by atoms with E-state index in [1.165, 1.54) is 12.3 Å². The van der Waals surface area contributed by atoms with Gasteiger partial charge in [-0.1, -0.05) is 0 Å². The summed E-state index contributed by atoms with van der Waals surface area (Å²) >= 11 is 0. The van der Waals surface area contributed by atoms with Gasteiger partial charge in [0.15, 0.2) is 0 Å². The number of nitrogens with two attached hydrogens (primary N) is 1. The highest BCUT2D eigenvalue weighted by Gasteiger charge is 2.27. The number of pyridine rings is 1. The maximum absolute atomic E-state index is 13.0. The monoisotopic (exact) mass is 358 g/mol. The first-order valence-electron chi connectivity index (χ1n) is 8.62. The molecule has 0 bridgehead atoms. The summed E-state index contributed by atoms with van der Waals surface area (Å²) < 4.78 is 13.0. The molecule has 7 nitrogen and oxygen atoms in total. The van der Waals surface area contributed by atoms with Crippen LogP contribution in [0.3, 0.4) is 0 Å². The van der Waals surface area contributed by atoms with Crippen molar-refractivity contribution in [2.75, 3.05) is 18.0 Å². The van der Waals surface area contributed by atoms with Gasteiger partial charge in [-0.3, -0.25) is 9.78 Å². The Morgan fingerprint density at radius 1 is 1.38 bits per heavy atom. The summed E-state index contributed by atoms with van der Waals surface area (Å²) in [4.78, 5) is 26.2. The van der Waals surface area contributed by atoms with Gasteiger partial charge in [-0.15, -0.1) is 0 Å². The van der Waals surface area contributed by atoms with Crippen LogP contribution in [-0.4, -0.2) is 40.0 Å². The molecule has 0 aromatic carbocycles. The third kappa shape index (κ3) is 3.80. The standard InChI is InChI=1S/C18H23FN6O/c1-10-11(2)23-17(16(20)26)24-18(10)25-7-6-14(9-25)22-12(3)15-5-4-13(19)8-21-15/h4-5,8,12,14,22H,6-7,9H2,1-3H3,(H2,20,26)/t12?,14-/m1/s1. The van der Waals surface area contributed by atoms with Crippen molar-refractivity contribution < 1.29 is 9.18 Å². The number of amides is 1. The van der Waals surface area contributed by atoms with Crippen molar-refractivity contribution in [3.8, 4) is 0 Å². The summed E-state index contributed by atoms with van der Waals surface area (Å²) in [7, 11) is 0. The van der Waals surface area contributed by atoms with Gasteiger partial charge < -0.3 is 16.0 Å². The Morgan fingerprint density at radius 3 is 2.81 bits per heavy atom. The molecule has 1 unspecified atom stereocenters. The van der Waals surface area contributed by atoms with E-state index in [1.807, 2.05) is 20.8 Å². The highest BCUT2D eigenvalue weighted by atomic mass is 19.1. The Bertz CT molecular complexity index is 810. The lowest BCUT2D eigenvalue weighted by Gasteiger charge is -2.22. The van der Waals surface area contributed by atoms with Gasteiger partial charge in [0.1, 0.15) is 11.6 Å². The van der Waals surface area contributed by atoms with E-state index in [0.717, 1.165) is 42.3 Å². The molecule has 0 radical (unpaired) electrons. The summed E-state index contributed by atoms with van der Waals surface area (Å²) in [5.74, 6) is -0.168. The zero-order chi connectivity index (χ0) is 18.8. The Kier molecular flexibility index (Phi) is 5.13. The molecule has 26 heavy (non-hydrogen) atoms. The highest BCUT2D eigenvalue weighted by molar-refractivity contribution is 5.89. The lowest BCUT2D eigenvalue weighted by Crippen LogP contribution is -2.35. The van der Waals surface area contributed by atoms with Crippen molar-refractivity contribution in [1.29, 1.82) is 0 Å².